The monoisotopic (exact) mass is 283 g/mol. The summed E-state index contributed by atoms with van der Waals surface area (Å²) in [7, 11) is 0. The van der Waals surface area contributed by atoms with Crippen molar-refractivity contribution >= 4 is 6.09 Å². The molecule has 4 nitrogen and oxygen atoms in total. The molecule has 3 rings (SSSR count). The van der Waals surface area contributed by atoms with Crippen LogP contribution >= 0.6 is 0 Å². The first-order chi connectivity index (χ1) is 10.2. The van der Waals surface area contributed by atoms with Crippen molar-refractivity contribution in [3.63, 3.8) is 0 Å². The number of pyridine rings is 1. The first-order valence-corrected chi connectivity index (χ1v) is 7.19. The second-order valence-electron chi connectivity index (χ2n) is 5.27. The van der Waals surface area contributed by atoms with Crippen LogP contribution in [-0.4, -0.2) is 10.7 Å². The summed E-state index contributed by atoms with van der Waals surface area (Å²) < 4.78 is 6.18. The molecule has 0 bridgehead atoms. The molecule has 0 saturated carbocycles. The van der Waals surface area contributed by atoms with Gasteiger partial charge < -0.3 is 4.74 Å². The molecule has 4 heteroatoms. The summed E-state index contributed by atoms with van der Waals surface area (Å²) in [6, 6.07) is 10.8. The molecule has 1 heterocycles. The van der Waals surface area contributed by atoms with Gasteiger partial charge in [-0.25, -0.2) is 9.36 Å². The Kier molecular flexibility index (Phi) is 3.86. The molecule has 0 spiro atoms. The van der Waals surface area contributed by atoms with Gasteiger partial charge in [-0.1, -0.05) is 24.3 Å². The van der Waals surface area contributed by atoms with Gasteiger partial charge in [-0.15, -0.1) is 0 Å². The van der Waals surface area contributed by atoms with Gasteiger partial charge in [-0.2, -0.15) is 0 Å². The molecule has 0 saturated heterocycles. The highest BCUT2D eigenvalue weighted by atomic mass is 16.5. The van der Waals surface area contributed by atoms with Gasteiger partial charge in [0.15, 0.2) is 0 Å². The van der Waals surface area contributed by atoms with E-state index >= 15 is 0 Å². The van der Waals surface area contributed by atoms with Gasteiger partial charge in [-0.3, -0.25) is 4.79 Å². The Bertz CT molecular complexity index is 718. The first-order valence-electron chi connectivity index (χ1n) is 7.19. The van der Waals surface area contributed by atoms with E-state index in [0.29, 0.717) is 0 Å². The van der Waals surface area contributed by atoms with Crippen molar-refractivity contribution in [3.8, 4) is 0 Å². The Balaban J connectivity index is 1.69. The van der Waals surface area contributed by atoms with Gasteiger partial charge in [-0.05, 0) is 48.4 Å². The zero-order valence-corrected chi connectivity index (χ0v) is 11.7. The van der Waals surface area contributed by atoms with Gasteiger partial charge in [0, 0.05) is 12.3 Å². The smallest absolute Gasteiger partial charge is 0.421 e. The molecule has 2 aromatic rings. The maximum atomic E-state index is 11.9. The minimum absolute atomic E-state index is 0.188. The summed E-state index contributed by atoms with van der Waals surface area (Å²) in [6.07, 6.45) is 5.47. The molecule has 1 aliphatic rings. The van der Waals surface area contributed by atoms with Crippen molar-refractivity contribution in [3.05, 3.63) is 69.6 Å². The van der Waals surface area contributed by atoms with Crippen LogP contribution in [0, 0.1) is 0 Å². The van der Waals surface area contributed by atoms with Crippen LogP contribution in [0.25, 0.3) is 0 Å². The molecule has 0 fully saturated rings. The van der Waals surface area contributed by atoms with Gasteiger partial charge in [0.2, 0.25) is 0 Å². The van der Waals surface area contributed by atoms with Crippen LogP contribution in [0.3, 0.4) is 0 Å². The predicted octanol–water partition coefficient (Wildman–Crippen LogP) is 2.91. The summed E-state index contributed by atoms with van der Waals surface area (Å²) in [5.41, 5.74) is 3.34. The average Bonchev–Trinajstić information content (AvgIpc) is 2.53. The Morgan fingerprint density at radius 2 is 1.90 bits per heavy atom. The third-order valence-corrected chi connectivity index (χ3v) is 3.79. The molecule has 21 heavy (non-hydrogen) atoms. The number of carbonyl (C=O) groups excluding carboxylic acids is 1. The van der Waals surface area contributed by atoms with Gasteiger partial charge in [0.25, 0.3) is 5.56 Å². The van der Waals surface area contributed by atoms with Crippen molar-refractivity contribution in [2.45, 2.75) is 32.3 Å². The quantitative estimate of drug-likeness (QED) is 0.851. The lowest BCUT2D eigenvalue weighted by Gasteiger charge is -2.16. The minimum Gasteiger partial charge on any atom is -0.444 e. The molecule has 0 N–H and O–H groups in total. The molecule has 0 radical (unpaired) electrons. The van der Waals surface area contributed by atoms with Gasteiger partial charge in [0.1, 0.15) is 6.61 Å². The highest BCUT2D eigenvalue weighted by Gasteiger charge is 2.11. The van der Waals surface area contributed by atoms with E-state index in [1.165, 1.54) is 36.2 Å². The van der Waals surface area contributed by atoms with E-state index in [1.807, 2.05) is 6.07 Å². The molecule has 0 aliphatic heterocycles. The van der Waals surface area contributed by atoms with Crippen LogP contribution in [0.1, 0.15) is 29.5 Å². The number of benzene rings is 1. The number of aromatic nitrogens is 1. The maximum absolute atomic E-state index is 11.9. The maximum Gasteiger partial charge on any atom is 0.421 e. The molecular weight excluding hydrogens is 266 g/mol. The third kappa shape index (κ3) is 3.05. The number of ether oxygens (including phenoxy) is 1. The normalized spacial score (nSPS) is 13.5. The third-order valence-electron chi connectivity index (χ3n) is 3.79. The van der Waals surface area contributed by atoms with Crippen molar-refractivity contribution in [1.29, 1.82) is 0 Å². The Morgan fingerprint density at radius 1 is 1.10 bits per heavy atom. The molecule has 1 aliphatic carbocycles. The number of carbonyl (C=O) groups is 1. The van der Waals surface area contributed by atoms with Crippen LogP contribution in [0.2, 0.25) is 0 Å². The Hall–Kier alpha value is -2.36. The Morgan fingerprint density at radius 3 is 2.71 bits per heavy atom. The zero-order chi connectivity index (χ0) is 14.7. The second kappa shape index (κ2) is 5.95. The lowest BCUT2D eigenvalue weighted by atomic mass is 9.90. The lowest BCUT2D eigenvalue weighted by Crippen LogP contribution is -2.26. The zero-order valence-electron chi connectivity index (χ0n) is 11.7. The molecule has 1 aromatic carbocycles. The van der Waals surface area contributed by atoms with Gasteiger partial charge >= 0.3 is 6.09 Å². The number of fused-ring (bicyclic) bond motifs is 1. The lowest BCUT2D eigenvalue weighted by molar-refractivity contribution is 0.140. The molecule has 108 valence electrons. The van der Waals surface area contributed by atoms with E-state index in [1.54, 1.807) is 12.1 Å². The number of hydrogen-bond donors (Lipinski definition) is 0. The first kappa shape index (κ1) is 13.6. The molecule has 0 atom stereocenters. The van der Waals surface area contributed by atoms with Crippen molar-refractivity contribution in [2.24, 2.45) is 0 Å². The van der Waals surface area contributed by atoms with Crippen molar-refractivity contribution in [1.82, 2.24) is 4.57 Å². The van der Waals surface area contributed by atoms with Crippen LogP contribution in [0.5, 0.6) is 0 Å². The highest BCUT2D eigenvalue weighted by molar-refractivity contribution is 5.70. The van der Waals surface area contributed by atoms with E-state index in [0.717, 1.165) is 23.0 Å². The summed E-state index contributed by atoms with van der Waals surface area (Å²) in [5.74, 6) is 0. The van der Waals surface area contributed by atoms with E-state index in [-0.39, 0.29) is 12.2 Å². The van der Waals surface area contributed by atoms with E-state index in [9.17, 15) is 9.59 Å². The summed E-state index contributed by atoms with van der Waals surface area (Å²) in [6.45, 7) is 0.188. The second-order valence-corrected chi connectivity index (χ2v) is 5.27. The topological polar surface area (TPSA) is 48.3 Å². The van der Waals surface area contributed by atoms with E-state index in [2.05, 4.69) is 12.1 Å². The Labute approximate surface area is 123 Å². The van der Waals surface area contributed by atoms with Crippen molar-refractivity contribution < 1.29 is 9.53 Å². The molecule has 0 unspecified atom stereocenters. The fraction of sp³-hybridized carbons (Fsp3) is 0.294. The molecular formula is C17H17NO3. The van der Waals surface area contributed by atoms with Crippen LogP contribution in [0.4, 0.5) is 4.79 Å². The van der Waals surface area contributed by atoms with Crippen LogP contribution < -0.4 is 5.56 Å². The fourth-order valence-electron chi connectivity index (χ4n) is 2.67. The standard InChI is InChI=1S/C17H17NO3/c19-16-7-3-4-10-18(16)17(20)21-12-13-8-9-14-5-1-2-6-15(14)11-13/h3-4,7-11H,1-2,5-6,12H2. The largest absolute Gasteiger partial charge is 0.444 e. The average molecular weight is 283 g/mol. The minimum atomic E-state index is -0.640. The summed E-state index contributed by atoms with van der Waals surface area (Å²) in [4.78, 5) is 23.4. The molecule has 1 aromatic heterocycles. The SMILES string of the molecule is O=C(OCc1ccc2c(c1)CCCC2)n1ccccc1=O. The predicted molar refractivity (Wildman–Crippen MR) is 79.4 cm³/mol. The van der Waals surface area contributed by atoms with E-state index in [4.69, 9.17) is 4.74 Å². The van der Waals surface area contributed by atoms with Gasteiger partial charge in [0.05, 0.1) is 0 Å². The van der Waals surface area contributed by atoms with Crippen LogP contribution in [0.15, 0.2) is 47.4 Å². The molecule has 0 amide bonds. The number of aryl methyl sites for hydroxylation is 2. The number of hydrogen-bond acceptors (Lipinski definition) is 3. The number of nitrogens with zero attached hydrogens (tertiary/aromatic N) is 1. The van der Waals surface area contributed by atoms with Crippen molar-refractivity contribution in [2.75, 3.05) is 0 Å². The summed E-state index contributed by atoms with van der Waals surface area (Å²) >= 11 is 0. The van der Waals surface area contributed by atoms with E-state index < -0.39 is 6.09 Å². The summed E-state index contributed by atoms with van der Waals surface area (Å²) in [5, 5.41) is 0. The fourth-order valence-corrected chi connectivity index (χ4v) is 2.67. The number of rotatable bonds is 2. The highest BCUT2D eigenvalue weighted by Crippen LogP contribution is 2.22. The van der Waals surface area contributed by atoms with Crippen LogP contribution in [-0.2, 0) is 24.2 Å².